The maximum absolute atomic E-state index is 13.1. The summed E-state index contributed by atoms with van der Waals surface area (Å²) in [5, 5.41) is 0. The van der Waals surface area contributed by atoms with E-state index in [-0.39, 0.29) is 17.2 Å². The first-order chi connectivity index (χ1) is 8.16. The lowest BCUT2D eigenvalue weighted by molar-refractivity contribution is 0.141. The van der Waals surface area contributed by atoms with Gasteiger partial charge in [-0.3, -0.25) is 0 Å². The molecular formula is C11H17FN2O3S. The molecule has 0 spiro atoms. The average molecular weight is 276 g/mol. The molecule has 0 bridgehead atoms. The van der Waals surface area contributed by atoms with E-state index in [2.05, 4.69) is 4.72 Å². The zero-order valence-corrected chi connectivity index (χ0v) is 11.3. The second kappa shape index (κ2) is 5.21. The van der Waals surface area contributed by atoms with Crippen LogP contribution in [-0.4, -0.2) is 27.7 Å². The molecule has 0 atom stereocenters. The molecule has 0 aliphatic rings. The van der Waals surface area contributed by atoms with Crippen molar-refractivity contribution in [2.75, 3.05) is 19.5 Å². The number of methoxy groups -OCH3 is 1. The summed E-state index contributed by atoms with van der Waals surface area (Å²) < 4.78 is 44.6. The lowest BCUT2D eigenvalue weighted by Gasteiger charge is -2.24. The first-order valence-electron chi connectivity index (χ1n) is 5.25. The molecule has 0 radical (unpaired) electrons. The van der Waals surface area contributed by atoms with E-state index in [4.69, 9.17) is 10.5 Å². The SMILES string of the molecule is COCC(C)(C)NS(=O)(=O)c1cc(N)cc(F)c1. The molecule has 1 rings (SSSR count). The van der Waals surface area contributed by atoms with Gasteiger partial charge in [0.2, 0.25) is 10.0 Å². The Hall–Kier alpha value is -1.18. The minimum absolute atomic E-state index is 0.0555. The largest absolute Gasteiger partial charge is 0.399 e. The Labute approximate surface area is 106 Å². The minimum atomic E-state index is -3.84. The second-order valence-corrected chi connectivity index (χ2v) is 6.33. The molecule has 0 saturated carbocycles. The van der Waals surface area contributed by atoms with E-state index in [1.807, 2.05) is 0 Å². The normalized spacial score (nSPS) is 12.7. The van der Waals surface area contributed by atoms with Gasteiger partial charge in [-0.05, 0) is 32.0 Å². The number of nitrogens with two attached hydrogens (primary N) is 1. The van der Waals surface area contributed by atoms with Gasteiger partial charge < -0.3 is 10.5 Å². The van der Waals surface area contributed by atoms with E-state index in [1.54, 1.807) is 13.8 Å². The molecule has 3 N–H and O–H groups in total. The molecule has 18 heavy (non-hydrogen) atoms. The Balaban J connectivity index is 3.07. The van der Waals surface area contributed by atoms with Gasteiger partial charge in [0.15, 0.2) is 0 Å². The van der Waals surface area contributed by atoms with Crippen LogP contribution in [0.15, 0.2) is 23.1 Å². The highest BCUT2D eigenvalue weighted by atomic mass is 32.2. The molecule has 5 nitrogen and oxygen atoms in total. The van der Waals surface area contributed by atoms with Crippen molar-refractivity contribution in [3.8, 4) is 0 Å². The molecule has 7 heteroatoms. The highest BCUT2D eigenvalue weighted by molar-refractivity contribution is 7.89. The number of nitrogens with one attached hydrogen (secondary N) is 1. The summed E-state index contributed by atoms with van der Waals surface area (Å²) in [7, 11) is -2.37. The van der Waals surface area contributed by atoms with E-state index >= 15 is 0 Å². The van der Waals surface area contributed by atoms with Gasteiger partial charge in [-0.1, -0.05) is 0 Å². The van der Waals surface area contributed by atoms with Gasteiger partial charge in [-0.15, -0.1) is 0 Å². The highest BCUT2D eigenvalue weighted by Crippen LogP contribution is 2.18. The molecule has 0 saturated heterocycles. The first kappa shape index (κ1) is 14.9. The molecule has 0 aromatic heterocycles. The second-order valence-electron chi connectivity index (χ2n) is 4.64. The lowest BCUT2D eigenvalue weighted by atomic mass is 10.1. The summed E-state index contributed by atoms with van der Waals surface area (Å²) in [6.45, 7) is 3.52. The third kappa shape index (κ3) is 3.94. The summed E-state index contributed by atoms with van der Waals surface area (Å²) in [6.07, 6.45) is 0. The molecule has 0 unspecified atom stereocenters. The van der Waals surface area contributed by atoms with Crippen LogP contribution in [0.1, 0.15) is 13.8 Å². The first-order valence-corrected chi connectivity index (χ1v) is 6.73. The number of hydrogen-bond acceptors (Lipinski definition) is 4. The number of anilines is 1. The molecule has 102 valence electrons. The predicted molar refractivity (Wildman–Crippen MR) is 67.1 cm³/mol. The van der Waals surface area contributed by atoms with E-state index in [9.17, 15) is 12.8 Å². The molecule has 1 aromatic rings. The predicted octanol–water partition coefficient (Wildman–Crippen LogP) is 1.11. The Kier molecular flexibility index (Phi) is 4.31. The van der Waals surface area contributed by atoms with E-state index in [1.165, 1.54) is 13.2 Å². The van der Waals surface area contributed by atoms with Crippen molar-refractivity contribution < 1.29 is 17.5 Å². The van der Waals surface area contributed by atoms with Crippen LogP contribution in [0.2, 0.25) is 0 Å². The quantitative estimate of drug-likeness (QED) is 0.789. The third-order valence-corrected chi connectivity index (χ3v) is 3.80. The van der Waals surface area contributed by atoms with Crippen molar-refractivity contribution >= 4 is 15.7 Å². The summed E-state index contributed by atoms with van der Waals surface area (Å²) in [5.41, 5.74) is 4.68. The van der Waals surface area contributed by atoms with E-state index < -0.39 is 21.4 Å². The van der Waals surface area contributed by atoms with Gasteiger partial charge in [-0.2, -0.15) is 0 Å². The molecule has 0 fully saturated rings. The molecular weight excluding hydrogens is 259 g/mol. The van der Waals surface area contributed by atoms with Crippen molar-refractivity contribution in [3.05, 3.63) is 24.0 Å². The lowest BCUT2D eigenvalue weighted by Crippen LogP contribution is -2.46. The standard InChI is InChI=1S/C11H17FN2O3S/c1-11(2,7-17-3)14-18(15,16)10-5-8(12)4-9(13)6-10/h4-6,14H,7,13H2,1-3H3. The van der Waals surface area contributed by atoms with Crippen LogP contribution in [0.3, 0.4) is 0 Å². The third-order valence-electron chi connectivity index (χ3n) is 2.12. The zero-order chi connectivity index (χ0) is 14.0. The topological polar surface area (TPSA) is 81.4 Å². The van der Waals surface area contributed by atoms with E-state index in [0.717, 1.165) is 12.1 Å². The van der Waals surface area contributed by atoms with Crippen molar-refractivity contribution in [1.29, 1.82) is 0 Å². The van der Waals surface area contributed by atoms with Crippen LogP contribution in [0.25, 0.3) is 0 Å². The maximum Gasteiger partial charge on any atom is 0.241 e. The number of rotatable bonds is 5. The van der Waals surface area contributed by atoms with Gasteiger partial charge in [0, 0.05) is 12.8 Å². The molecule has 0 aliphatic carbocycles. The number of ether oxygens (including phenoxy) is 1. The number of benzene rings is 1. The Morgan fingerprint density at radius 1 is 1.39 bits per heavy atom. The van der Waals surface area contributed by atoms with Gasteiger partial charge in [0.1, 0.15) is 5.82 Å². The molecule has 0 amide bonds. The summed E-state index contributed by atoms with van der Waals surface area (Å²) in [4.78, 5) is -0.204. The van der Waals surface area contributed by atoms with Crippen molar-refractivity contribution in [1.82, 2.24) is 4.72 Å². The van der Waals surface area contributed by atoms with Gasteiger partial charge >= 0.3 is 0 Å². The maximum atomic E-state index is 13.1. The van der Waals surface area contributed by atoms with Crippen molar-refractivity contribution in [3.63, 3.8) is 0 Å². The number of halogens is 1. The van der Waals surface area contributed by atoms with Gasteiger partial charge in [0.05, 0.1) is 17.0 Å². The Bertz CT molecular complexity index is 509. The summed E-state index contributed by atoms with van der Waals surface area (Å²) in [5.74, 6) is -0.695. The highest BCUT2D eigenvalue weighted by Gasteiger charge is 2.26. The minimum Gasteiger partial charge on any atom is -0.399 e. The van der Waals surface area contributed by atoms with Crippen LogP contribution in [0, 0.1) is 5.82 Å². The van der Waals surface area contributed by atoms with Gasteiger partial charge in [-0.25, -0.2) is 17.5 Å². The Morgan fingerprint density at radius 3 is 2.50 bits per heavy atom. The molecule has 0 heterocycles. The smallest absolute Gasteiger partial charge is 0.241 e. The van der Waals surface area contributed by atoms with Crippen molar-refractivity contribution in [2.45, 2.75) is 24.3 Å². The van der Waals surface area contributed by atoms with Crippen LogP contribution in [0.5, 0.6) is 0 Å². The number of sulfonamides is 1. The monoisotopic (exact) mass is 276 g/mol. The fourth-order valence-electron chi connectivity index (χ4n) is 1.55. The van der Waals surface area contributed by atoms with E-state index in [0.29, 0.717) is 0 Å². The van der Waals surface area contributed by atoms with Crippen molar-refractivity contribution in [2.24, 2.45) is 0 Å². The number of nitrogen functional groups attached to an aromatic ring is 1. The average Bonchev–Trinajstić information content (AvgIpc) is 2.13. The van der Waals surface area contributed by atoms with Crippen LogP contribution in [0.4, 0.5) is 10.1 Å². The number of hydrogen-bond donors (Lipinski definition) is 2. The Morgan fingerprint density at radius 2 is 2.00 bits per heavy atom. The fraction of sp³-hybridized carbons (Fsp3) is 0.455. The van der Waals surface area contributed by atoms with Crippen LogP contribution < -0.4 is 10.5 Å². The zero-order valence-electron chi connectivity index (χ0n) is 10.5. The molecule has 0 aliphatic heterocycles. The van der Waals surface area contributed by atoms with Crippen LogP contribution in [-0.2, 0) is 14.8 Å². The van der Waals surface area contributed by atoms with Gasteiger partial charge in [0.25, 0.3) is 0 Å². The summed E-state index contributed by atoms with van der Waals surface area (Å²) >= 11 is 0. The van der Waals surface area contributed by atoms with Crippen LogP contribution >= 0.6 is 0 Å². The summed E-state index contributed by atoms with van der Waals surface area (Å²) in [6, 6.07) is 3.18. The fourth-order valence-corrected chi connectivity index (χ4v) is 3.02. The molecule has 1 aromatic carbocycles.